The standard InChI is InChI=1S/C7H12N2O3S/c1-4(2-10)8-6(11)5-3-13-7(12)9-5/h4-5,10H,2-3H2,1H3,(H,8,11)(H,9,12)/t4-,5?/m0/s1. The van der Waals surface area contributed by atoms with Gasteiger partial charge in [0, 0.05) is 11.8 Å². The topological polar surface area (TPSA) is 78.4 Å². The lowest BCUT2D eigenvalue weighted by atomic mass is 10.3. The van der Waals surface area contributed by atoms with E-state index in [1.165, 1.54) is 0 Å². The van der Waals surface area contributed by atoms with Crippen molar-refractivity contribution in [2.75, 3.05) is 12.4 Å². The highest BCUT2D eigenvalue weighted by Gasteiger charge is 2.28. The van der Waals surface area contributed by atoms with Gasteiger partial charge in [0.15, 0.2) is 0 Å². The van der Waals surface area contributed by atoms with Crippen molar-refractivity contribution in [3.8, 4) is 0 Å². The Balaban J connectivity index is 2.35. The van der Waals surface area contributed by atoms with Crippen LogP contribution >= 0.6 is 11.8 Å². The van der Waals surface area contributed by atoms with E-state index in [9.17, 15) is 9.59 Å². The normalized spacial score (nSPS) is 23.8. The van der Waals surface area contributed by atoms with Gasteiger partial charge in [0.1, 0.15) is 6.04 Å². The lowest BCUT2D eigenvalue weighted by Crippen LogP contribution is -2.47. The summed E-state index contributed by atoms with van der Waals surface area (Å²) in [5, 5.41) is 13.6. The number of aliphatic hydroxyl groups is 1. The van der Waals surface area contributed by atoms with Gasteiger partial charge < -0.3 is 15.7 Å². The van der Waals surface area contributed by atoms with Gasteiger partial charge in [-0.1, -0.05) is 11.8 Å². The lowest BCUT2D eigenvalue weighted by Gasteiger charge is -2.14. The van der Waals surface area contributed by atoms with Gasteiger partial charge >= 0.3 is 0 Å². The molecule has 3 N–H and O–H groups in total. The van der Waals surface area contributed by atoms with Gasteiger partial charge in [-0.15, -0.1) is 0 Å². The summed E-state index contributed by atoms with van der Waals surface area (Å²) in [5.41, 5.74) is 0. The van der Waals surface area contributed by atoms with Crippen molar-refractivity contribution in [3.63, 3.8) is 0 Å². The van der Waals surface area contributed by atoms with Gasteiger partial charge in [0.25, 0.3) is 5.24 Å². The second-order valence-electron chi connectivity index (χ2n) is 2.89. The molecule has 1 heterocycles. The summed E-state index contributed by atoms with van der Waals surface area (Å²) in [4.78, 5) is 22.0. The van der Waals surface area contributed by atoms with Gasteiger partial charge in [-0.2, -0.15) is 0 Å². The molecule has 0 saturated carbocycles. The van der Waals surface area contributed by atoms with Crippen LogP contribution < -0.4 is 10.6 Å². The van der Waals surface area contributed by atoms with E-state index in [1.807, 2.05) is 0 Å². The Bertz CT molecular complexity index is 222. The van der Waals surface area contributed by atoms with E-state index in [1.54, 1.807) is 6.92 Å². The van der Waals surface area contributed by atoms with Gasteiger partial charge in [0.05, 0.1) is 6.61 Å². The number of rotatable bonds is 3. The minimum Gasteiger partial charge on any atom is -0.394 e. The Kier molecular flexibility index (Phi) is 3.56. The van der Waals surface area contributed by atoms with Crippen LogP contribution in [0.2, 0.25) is 0 Å². The molecular formula is C7H12N2O3S. The van der Waals surface area contributed by atoms with Crippen LogP contribution in [0.15, 0.2) is 0 Å². The molecule has 0 aromatic carbocycles. The lowest BCUT2D eigenvalue weighted by molar-refractivity contribution is -0.123. The molecule has 5 nitrogen and oxygen atoms in total. The van der Waals surface area contributed by atoms with Crippen LogP contribution in [-0.4, -0.2) is 40.7 Å². The fourth-order valence-electron chi connectivity index (χ4n) is 0.915. The van der Waals surface area contributed by atoms with Crippen LogP contribution in [-0.2, 0) is 4.79 Å². The monoisotopic (exact) mass is 204 g/mol. The van der Waals surface area contributed by atoms with Crippen molar-refractivity contribution < 1.29 is 14.7 Å². The first-order valence-electron chi connectivity index (χ1n) is 3.98. The first-order chi connectivity index (χ1) is 6.13. The number of nitrogens with one attached hydrogen (secondary N) is 2. The van der Waals surface area contributed by atoms with Crippen molar-refractivity contribution in [2.24, 2.45) is 0 Å². The molecule has 0 spiro atoms. The molecule has 0 radical (unpaired) electrons. The van der Waals surface area contributed by atoms with E-state index in [4.69, 9.17) is 5.11 Å². The van der Waals surface area contributed by atoms with Crippen LogP contribution in [0.3, 0.4) is 0 Å². The third-order valence-corrected chi connectivity index (χ3v) is 2.53. The first-order valence-corrected chi connectivity index (χ1v) is 4.96. The molecule has 1 rings (SSSR count). The third kappa shape index (κ3) is 2.89. The Morgan fingerprint density at radius 3 is 3.08 bits per heavy atom. The molecule has 1 unspecified atom stereocenters. The smallest absolute Gasteiger partial charge is 0.279 e. The SMILES string of the molecule is C[C@@H](CO)NC(=O)C1CSC(=O)N1. The largest absolute Gasteiger partial charge is 0.394 e. The molecule has 1 aliphatic heterocycles. The molecule has 1 fully saturated rings. The second kappa shape index (κ2) is 4.48. The molecular weight excluding hydrogens is 192 g/mol. The van der Waals surface area contributed by atoms with Gasteiger partial charge in [-0.3, -0.25) is 9.59 Å². The minimum atomic E-state index is -0.452. The van der Waals surface area contributed by atoms with Crippen molar-refractivity contribution in [3.05, 3.63) is 0 Å². The Labute approximate surface area is 80.3 Å². The summed E-state index contributed by atoms with van der Waals surface area (Å²) in [6, 6.07) is -0.721. The van der Waals surface area contributed by atoms with Gasteiger partial charge in [-0.25, -0.2) is 0 Å². The summed E-state index contributed by atoms with van der Waals surface area (Å²) in [6.07, 6.45) is 0. The van der Waals surface area contributed by atoms with E-state index < -0.39 is 6.04 Å². The molecule has 74 valence electrons. The predicted octanol–water partition coefficient (Wildman–Crippen LogP) is -0.692. The molecule has 2 amide bonds. The second-order valence-corrected chi connectivity index (χ2v) is 3.88. The number of carbonyl (C=O) groups excluding carboxylic acids is 2. The van der Waals surface area contributed by atoms with Gasteiger partial charge in [0.2, 0.25) is 5.91 Å². The Morgan fingerprint density at radius 2 is 2.62 bits per heavy atom. The summed E-state index contributed by atoms with van der Waals surface area (Å²) in [7, 11) is 0. The zero-order valence-electron chi connectivity index (χ0n) is 7.24. The van der Waals surface area contributed by atoms with E-state index in [0.29, 0.717) is 5.75 Å². The molecule has 1 aliphatic rings. The third-order valence-electron chi connectivity index (χ3n) is 1.65. The van der Waals surface area contributed by atoms with Crippen LogP contribution in [0.5, 0.6) is 0 Å². The highest BCUT2D eigenvalue weighted by atomic mass is 32.2. The molecule has 2 atom stereocenters. The average Bonchev–Trinajstić information content (AvgIpc) is 2.51. The summed E-state index contributed by atoms with van der Waals surface area (Å²) < 4.78 is 0. The van der Waals surface area contributed by atoms with E-state index in [2.05, 4.69) is 10.6 Å². The summed E-state index contributed by atoms with van der Waals surface area (Å²) in [6.45, 7) is 1.60. The minimum absolute atomic E-state index is 0.0977. The molecule has 1 saturated heterocycles. The fourth-order valence-corrected chi connectivity index (χ4v) is 1.69. The molecule has 0 aliphatic carbocycles. The maximum Gasteiger partial charge on any atom is 0.279 e. The van der Waals surface area contributed by atoms with Crippen LogP contribution in [0.1, 0.15) is 6.92 Å². The van der Waals surface area contributed by atoms with E-state index in [0.717, 1.165) is 11.8 Å². The molecule has 0 aromatic rings. The van der Waals surface area contributed by atoms with Gasteiger partial charge in [-0.05, 0) is 6.92 Å². The highest BCUT2D eigenvalue weighted by Crippen LogP contribution is 2.12. The molecule has 6 heteroatoms. The van der Waals surface area contributed by atoms with Crippen molar-refractivity contribution in [2.45, 2.75) is 19.0 Å². The quantitative estimate of drug-likeness (QED) is 0.568. The van der Waals surface area contributed by atoms with E-state index in [-0.39, 0.29) is 23.8 Å². The fraction of sp³-hybridized carbons (Fsp3) is 0.714. The number of hydrogen-bond acceptors (Lipinski definition) is 4. The number of aliphatic hydroxyl groups excluding tert-OH is 1. The predicted molar refractivity (Wildman–Crippen MR) is 49.5 cm³/mol. The Morgan fingerprint density at radius 1 is 1.92 bits per heavy atom. The van der Waals surface area contributed by atoms with Crippen molar-refractivity contribution in [1.82, 2.24) is 10.6 Å². The summed E-state index contributed by atoms with van der Waals surface area (Å²) >= 11 is 1.10. The molecule has 0 bridgehead atoms. The zero-order chi connectivity index (χ0) is 9.84. The van der Waals surface area contributed by atoms with Crippen LogP contribution in [0.4, 0.5) is 4.79 Å². The van der Waals surface area contributed by atoms with Crippen LogP contribution in [0.25, 0.3) is 0 Å². The van der Waals surface area contributed by atoms with Crippen molar-refractivity contribution in [1.29, 1.82) is 0 Å². The number of carbonyl (C=O) groups is 2. The summed E-state index contributed by atoms with van der Waals surface area (Å²) in [5.74, 6) is 0.225. The molecule has 0 aromatic heterocycles. The van der Waals surface area contributed by atoms with E-state index >= 15 is 0 Å². The number of hydrogen-bond donors (Lipinski definition) is 3. The first kappa shape index (κ1) is 10.3. The zero-order valence-corrected chi connectivity index (χ0v) is 8.06. The number of thioether (sulfide) groups is 1. The average molecular weight is 204 g/mol. The molecule has 13 heavy (non-hydrogen) atoms. The highest BCUT2D eigenvalue weighted by molar-refractivity contribution is 8.14. The maximum atomic E-state index is 11.3. The van der Waals surface area contributed by atoms with Crippen LogP contribution in [0, 0.1) is 0 Å². The Hall–Kier alpha value is -0.750. The van der Waals surface area contributed by atoms with Crippen molar-refractivity contribution >= 4 is 22.9 Å². The number of amides is 2. The maximum absolute atomic E-state index is 11.3.